The van der Waals surface area contributed by atoms with Gasteiger partial charge >= 0.3 is 0 Å². The van der Waals surface area contributed by atoms with Crippen molar-refractivity contribution < 1.29 is 14.4 Å². The van der Waals surface area contributed by atoms with E-state index in [-0.39, 0.29) is 16.7 Å². The standard InChI is InChI=1S/C15H22N2O4/c1-16(8-10-20-12-15-3-2-9-21-15)11-13-4-6-14(7-5-13)17(18)19/h4-7,15H,2-3,8-12H2,1H3. The van der Waals surface area contributed by atoms with Gasteiger partial charge in [0.1, 0.15) is 0 Å². The predicted molar refractivity (Wildman–Crippen MR) is 79.2 cm³/mol. The Hall–Kier alpha value is -1.50. The molecule has 1 aliphatic rings. The second-order valence-corrected chi connectivity index (χ2v) is 5.37. The maximum absolute atomic E-state index is 10.6. The highest BCUT2D eigenvalue weighted by Crippen LogP contribution is 2.13. The third kappa shape index (κ3) is 5.41. The summed E-state index contributed by atoms with van der Waals surface area (Å²) in [5.74, 6) is 0. The van der Waals surface area contributed by atoms with Gasteiger partial charge in [0.2, 0.25) is 0 Å². The second-order valence-electron chi connectivity index (χ2n) is 5.37. The highest BCUT2D eigenvalue weighted by Gasteiger charge is 2.15. The van der Waals surface area contributed by atoms with Gasteiger partial charge < -0.3 is 9.47 Å². The van der Waals surface area contributed by atoms with E-state index in [1.165, 1.54) is 12.1 Å². The molecule has 1 fully saturated rings. The number of nitrogens with zero attached hydrogens (tertiary/aromatic N) is 2. The Kier molecular flexibility index (Phi) is 6.10. The van der Waals surface area contributed by atoms with Crippen molar-refractivity contribution >= 4 is 5.69 Å². The minimum absolute atomic E-state index is 0.126. The van der Waals surface area contributed by atoms with Crippen molar-refractivity contribution in [2.75, 3.05) is 33.4 Å². The molecule has 1 aromatic rings. The molecule has 1 saturated heterocycles. The monoisotopic (exact) mass is 294 g/mol. The molecule has 0 aromatic heterocycles. The largest absolute Gasteiger partial charge is 0.377 e. The fraction of sp³-hybridized carbons (Fsp3) is 0.600. The maximum Gasteiger partial charge on any atom is 0.269 e. The van der Waals surface area contributed by atoms with Gasteiger partial charge in [-0.1, -0.05) is 12.1 Å². The lowest BCUT2D eigenvalue weighted by molar-refractivity contribution is -0.384. The van der Waals surface area contributed by atoms with Crippen molar-refractivity contribution in [3.63, 3.8) is 0 Å². The first-order valence-corrected chi connectivity index (χ1v) is 7.26. The van der Waals surface area contributed by atoms with Crippen LogP contribution in [0.4, 0.5) is 5.69 Å². The molecular weight excluding hydrogens is 272 g/mol. The third-order valence-corrected chi connectivity index (χ3v) is 3.54. The van der Waals surface area contributed by atoms with Gasteiger partial charge in [0.05, 0.1) is 24.2 Å². The first kappa shape index (κ1) is 15.9. The number of likely N-dealkylation sites (N-methyl/N-ethyl adjacent to an activating group) is 1. The summed E-state index contributed by atoms with van der Waals surface area (Å²) in [6.45, 7) is 3.77. The van der Waals surface area contributed by atoms with Gasteiger partial charge in [-0.15, -0.1) is 0 Å². The Labute approximate surface area is 124 Å². The maximum atomic E-state index is 10.6. The van der Waals surface area contributed by atoms with Gasteiger partial charge in [-0.2, -0.15) is 0 Å². The molecule has 6 heteroatoms. The minimum Gasteiger partial charge on any atom is -0.377 e. The van der Waals surface area contributed by atoms with E-state index in [2.05, 4.69) is 4.90 Å². The Morgan fingerprint density at radius 1 is 1.43 bits per heavy atom. The molecule has 1 unspecified atom stereocenters. The molecule has 0 spiro atoms. The smallest absolute Gasteiger partial charge is 0.269 e. The van der Waals surface area contributed by atoms with Crippen LogP contribution in [-0.4, -0.2) is 49.3 Å². The van der Waals surface area contributed by atoms with E-state index >= 15 is 0 Å². The van der Waals surface area contributed by atoms with Gasteiger partial charge in [-0.05, 0) is 25.5 Å². The molecule has 116 valence electrons. The molecule has 0 bridgehead atoms. The fourth-order valence-electron chi connectivity index (χ4n) is 2.32. The number of rotatable bonds is 8. The van der Waals surface area contributed by atoms with Crippen LogP contribution < -0.4 is 0 Å². The molecule has 1 aromatic carbocycles. The topological polar surface area (TPSA) is 64.8 Å². The van der Waals surface area contributed by atoms with Crippen molar-refractivity contribution in [3.8, 4) is 0 Å². The summed E-state index contributed by atoms with van der Waals surface area (Å²) >= 11 is 0. The van der Waals surface area contributed by atoms with Gasteiger partial charge in [0, 0.05) is 31.8 Å². The summed E-state index contributed by atoms with van der Waals surface area (Å²) in [4.78, 5) is 12.3. The average Bonchev–Trinajstić information content (AvgIpc) is 2.97. The summed E-state index contributed by atoms with van der Waals surface area (Å²) < 4.78 is 11.1. The number of non-ortho nitro benzene ring substituents is 1. The van der Waals surface area contributed by atoms with E-state index in [1.807, 2.05) is 7.05 Å². The lowest BCUT2D eigenvalue weighted by Crippen LogP contribution is -2.24. The molecule has 1 aliphatic heterocycles. The van der Waals surface area contributed by atoms with Crippen LogP contribution in [0.5, 0.6) is 0 Å². The Balaban J connectivity index is 1.64. The number of hydrogen-bond donors (Lipinski definition) is 0. The zero-order valence-corrected chi connectivity index (χ0v) is 12.4. The predicted octanol–water partition coefficient (Wildman–Crippen LogP) is 2.22. The van der Waals surface area contributed by atoms with Crippen LogP contribution >= 0.6 is 0 Å². The lowest BCUT2D eigenvalue weighted by atomic mass is 10.2. The Morgan fingerprint density at radius 2 is 2.19 bits per heavy atom. The van der Waals surface area contributed by atoms with Crippen LogP contribution in [0.2, 0.25) is 0 Å². The normalized spacial score (nSPS) is 18.3. The van der Waals surface area contributed by atoms with Gasteiger partial charge in [-0.3, -0.25) is 15.0 Å². The quantitative estimate of drug-likeness (QED) is 0.418. The van der Waals surface area contributed by atoms with Crippen molar-refractivity contribution in [1.29, 1.82) is 0 Å². The van der Waals surface area contributed by atoms with Crippen molar-refractivity contribution in [1.82, 2.24) is 4.90 Å². The average molecular weight is 294 g/mol. The summed E-state index contributed by atoms with van der Waals surface area (Å²) in [7, 11) is 2.01. The van der Waals surface area contributed by atoms with E-state index in [1.54, 1.807) is 12.1 Å². The minimum atomic E-state index is -0.383. The van der Waals surface area contributed by atoms with E-state index in [0.717, 1.165) is 38.1 Å². The SMILES string of the molecule is CN(CCOCC1CCCO1)Cc1ccc([N+](=O)[O-])cc1. The highest BCUT2D eigenvalue weighted by molar-refractivity contribution is 5.32. The molecular formula is C15H22N2O4. The molecule has 0 saturated carbocycles. The fourth-order valence-corrected chi connectivity index (χ4v) is 2.32. The zero-order valence-electron chi connectivity index (χ0n) is 12.4. The molecule has 2 rings (SSSR count). The third-order valence-electron chi connectivity index (χ3n) is 3.54. The molecule has 0 radical (unpaired) electrons. The highest BCUT2D eigenvalue weighted by atomic mass is 16.6. The van der Waals surface area contributed by atoms with E-state index < -0.39 is 0 Å². The molecule has 0 N–H and O–H groups in total. The zero-order chi connectivity index (χ0) is 15.1. The lowest BCUT2D eigenvalue weighted by Gasteiger charge is -2.17. The first-order valence-electron chi connectivity index (χ1n) is 7.26. The Morgan fingerprint density at radius 3 is 2.81 bits per heavy atom. The number of nitro groups is 1. The summed E-state index contributed by atoms with van der Waals surface area (Å²) in [6.07, 6.45) is 2.50. The summed E-state index contributed by atoms with van der Waals surface area (Å²) in [5.41, 5.74) is 1.18. The van der Waals surface area contributed by atoms with Crippen LogP contribution in [0.25, 0.3) is 0 Å². The molecule has 21 heavy (non-hydrogen) atoms. The molecule has 6 nitrogen and oxygen atoms in total. The van der Waals surface area contributed by atoms with Crippen molar-refractivity contribution in [2.45, 2.75) is 25.5 Å². The first-order chi connectivity index (χ1) is 10.1. The Bertz CT molecular complexity index is 443. The number of ether oxygens (including phenoxy) is 2. The molecule has 1 atom stereocenters. The second kappa shape index (κ2) is 8.07. The van der Waals surface area contributed by atoms with Crippen LogP contribution in [-0.2, 0) is 16.0 Å². The number of hydrogen-bond acceptors (Lipinski definition) is 5. The summed E-state index contributed by atoms with van der Waals surface area (Å²) in [6, 6.07) is 6.66. The van der Waals surface area contributed by atoms with Gasteiger partial charge in [0.15, 0.2) is 0 Å². The number of nitro benzene ring substituents is 1. The molecule has 0 amide bonds. The van der Waals surface area contributed by atoms with Crippen LogP contribution in [0.1, 0.15) is 18.4 Å². The van der Waals surface area contributed by atoms with Crippen LogP contribution in [0, 0.1) is 10.1 Å². The van der Waals surface area contributed by atoms with Gasteiger partial charge in [0.25, 0.3) is 5.69 Å². The van der Waals surface area contributed by atoms with Crippen molar-refractivity contribution in [3.05, 3.63) is 39.9 Å². The van der Waals surface area contributed by atoms with Crippen molar-refractivity contribution in [2.24, 2.45) is 0 Å². The summed E-state index contributed by atoms with van der Waals surface area (Å²) in [5, 5.41) is 10.6. The molecule has 1 heterocycles. The van der Waals surface area contributed by atoms with E-state index in [4.69, 9.17) is 9.47 Å². The molecule has 0 aliphatic carbocycles. The van der Waals surface area contributed by atoms with Crippen LogP contribution in [0.15, 0.2) is 24.3 Å². The van der Waals surface area contributed by atoms with Crippen LogP contribution in [0.3, 0.4) is 0 Å². The van der Waals surface area contributed by atoms with E-state index in [9.17, 15) is 10.1 Å². The van der Waals surface area contributed by atoms with E-state index in [0.29, 0.717) is 13.2 Å². The number of benzene rings is 1. The van der Waals surface area contributed by atoms with Gasteiger partial charge in [-0.25, -0.2) is 0 Å².